The summed E-state index contributed by atoms with van der Waals surface area (Å²) in [5, 5.41) is 0. The predicted octanol–water partition coefficient (Wildman–Crippen LogP) is 1.59. The number of pyridine rings is 1. The second-order valence-corrected chi connectivity index (χ2v) is 4.27. The smallest absolute Gasteiger partial charge is 0.251 e. The number of nitrogens with one attached hydrogen (secondary N) is 1. The van der Waals surface area contributed by atoms with E-state index < -0.39 is 0 Å². The normalized spacial score (nSPS) is 13.8. The summed E-state index contributed by atoms with van der Waals surface area (Å²) in [5.41, 5.74) is 2.03. The van der Waals surface area contributed by atoms with Gasteiger partial charge in [-0.2, -0.15) is 0 Å². The summed E-state index contributed by atoms with van der Waals surface area (Å²) < 4.78 is 0. The van der Waals surface area contributed by atoms with E-state index in [0.717, 1.165) is 11.3 Å². The number of aromatic nitrogens is 3. The van der Waals surface area contributed by atoms with E-state index in [2.05, 4.69) is 26.8 Å². The van der Waals surface area contributed by atoms with Gasteiger partial charge in [-0.3, -0.25) is 4.79 Å². The van der Waals surface area contributed by atoms with Crippen molar-refractivity contribution in [3.8, 4) is 23.1 Å². The van der Waals surface area contributed by atoms with Crippen LogP contribution in [0.25, 0.3) is 11.3 Å². The summed E-state index contributed by atoms with van der Waals surface area (Å²) in [5.74, 6) is 6.78. The Kier molecular flexibility index (Phi) is 2.66. The monoisotopic (exact) mass is 237 g/mol. The van der Waals surface area contributed by atoms with Gasteiger partial charge >= 0.3 is 0 Å². The first kappa shape index (κ1) is 10.7. The minimum Gasteiger partial charge on any atom is -0.313 e. The second-order valence-electron chi connectivity index (χ2n) is 4.27. The van der Waals surface area contributed by atoms with Gasteiger partial charge in [-0.05, 0) is 30.9 Å². The molecule has 0 saturated heterocycles. The van der Waals surface area contributed by atoms with Crippen molar-refractivity contribution in [3.63, 3.8) is 0 Å². The Hall–Kier alpha value is -2.41. The number of aromatic amines is 1. The van der Waals surface area contributed by atoms with Gasteiger partial charge in [0.05, 0.1) is 12.0 Å². The van der Waals surface area contributed by atoms with Crippen molar-refractivity contribution in [1.29, 1.82) is 0 Å². The Morgan fingerprint density at radius 2 is 2.17 bits per heavy atom. The zero-order chi connectivity index (χ0) is 12.4. The molecule has 0 bridgehead atoms. The van der Waals surface area contributed by atoms with Crippen molar-refractivity contribution in [1.82, 2.24) is 15.0 Å². The van der Waals surface area contributed by atoms with Crippen LogP contribution in [0, 0.1) is 17.8 Å². The van der Waals surface area contributed by atoms with E-state index in [4.69, 9.17) is 0 Å². The summed E-state index contributed by atoms with van der Waals surface area (Å²) in [6.45, 7) is 0. The fourth-order valence-corrected chi connectivity index (χ4v) is 1.55. The molecular formula is C14H11N3O. The van der Waals surface area contributed by atoms with Crippen LogP contribution in [-0.4, -0.2) is 15.0 Å². The largest absolute Gasteiger partial charge is 0.313 e. The van der Waals surface area contributed by atoms with Crippen LogP contribution in [0.1, 0.15) is 18.5 Å². The van der Waals surface area contributed by atoms with Crippen molar-refractivity contribution in [2.75, 3.05) is 0 Å². The van der Waals surface area contributed by atoms with Gasteiger partial charge < -0.3 is 4.98 Å². The van der Waals surface area contributed by atoms with Gasteiger partial charge in [0.2, 0.25) is 0 Å². The van der Waals surface area contributed by atoms with Crippen LogP contribution in [0.5, 0.6) is 0 Å². The van der Waals surface area contributed by atoms with Crippen molar-refractivity contribution < 1.29 is 0 Å². The minimum absolute atomic E-state index is 0.169. The third kappa shape index (κ3) is 2.46. The molecular weight excluding hydrogens is 226 g/mol. The highest BCUT2D eigenvalue weighted by Crippen LogP contribution is 2.27. The minimum atomic E-state index is -0.169. The summed E-state index contributed by atoms with van der Waals surface area (Å²) in [7, 11) is 0. The molecule has 4 heteroatoms. The number of H-pyrrole nitrogens is 1. The van der Waals surface area contributed by atoms with Gasteiger partial charge in [0.15, 0.2) is 0 Å². The lowest BCUT2D eigenvalue weighted by Crippen LogP contribution is -2.04. The maximum atomic E-state index is 11.2. The number of nitrogens with zero attached hydrogens (tertiary/aromatic N) is 2. The molecule has 0 aromatic carbocycles. The maximum Gasteiger partial charge on any atom is 0.251 e. The van der Waals surface area contributed by atoms with Crippen LogP contribution in [0.3, 0.4) is 0 Å². The average Bonchev–Trinajstić information content (AvgIpc) is 3.21. The number of hydrogen-bond donors (Lipinski definition) is 1. The summed E-state index contributed by atoms with van der Waals surface area (Å²) in [6.07, 6.45) is 5.50. The summed E-state index contributed by atoms with van der Waals surface area (Å²) >= 11 is 0. The lowest BCUT2D eigenvalue weighted by atomic mass is 10.2. The maximum absolute atomic E-state index is 11.2. The highest BCUT2D eigenvalue weighted by atomic mass is 16.1. The highest BCUT2D eigenvalue weighted by Gasteiger charge is 2.17. The third-order valence-corrected chi connectivity index (χ3v) is 2.72. The second kappa shape index (κ2) is 4.46. The molecule has 0 atom stereocenters. The molecule has 0 amide bonds. The van der Waals surface area contributed by atoms with E-state index >= 15 is 0 Å². The topological polar surface area (TPSA) is 58.6 Å². The quantitative estimate of drug-likeness (QED) is 0.766. The molecule has 1 aliphatic rings. The molecule has 1 aliphatic carbocycles. The first-order valence-corrected chi connectivity index (χ1v) is 5.84. The van der Waals surface area contributed by atoms with Crippen LogP contribution in [0.15, 0.2) is 35.5 Å². The van der Waals surface area contributed by atoms with Crippen molar-refractivity contribution in [2.45, 2.75) is 12.8 Å². The third-order valence-electron chi connectivity index (χ3n) is 2.72. The van der Waals surface area contributed by atoms with Crippen molar-refractivity contribution in [2.24, 2.45) is 5.92 Å². The van der Waals surface area contributed by atoms with Crippen LogP contribution in [0.2, 0.25) is 0 Å². The fraction of sp³-hybridized carbons (Fsp3) is 0.214. The predicted molar refractivity (Wildman–Crippen MR) is 67.7 cm³/mol. The van der Waals surface area contributed by atoms with E-state index in [1.54, 1.807) is 6.20 Å². The van der Waals surface area contributed by atoms with Gasteiger partial charge in [0.25, 0.3) is 5.56 Å². The van der Waals surface area contributed by atoms with Crippen molar-refractivity contribution >= 4 is 0 Å². The molecule has 0 unspecified atom stereocenters. The van der Waals surface area contributed by atoms with E-state index in [-0.39, 0.29) is 5.56 Å². The lowest BCUT2D eigenvalue weighted by Gasteiger charge is -1.98. The van der Waals surface area contributed by atoms with Gasteiger partial charge in [-0.15, -0.1) is 0 Å². The van der Waals surface area contributed by atoms with Crippen LogP contribution in [-0.2, 0) is 0 Å². The van der Waals surface area contributed by atoms with E-state index in [0.29, 0.717) is 11.6 Å². The molecule has 18 heavy (non-hydrogen) atoms. The molecule has 88 valence electrons. The number of hydrogen-bond acceptors (Lipinski definition) is 3. The Labute approximate surface area is 104 Å². The van der Waals surface area contributed by atoms with E-state index in [1.165, 1.54) is 25.2 Å². The molecule has 2 aromatic heterocycles. The van der Waals surface area contributed by atoms with E-state index in [9.17, 15) is 4.79 Å². The molecule has 0 spiro atoms. The zero-order valence-electron chi connectivity index (χ0n) is 9.68. The Morgan fingerprint density at radius 3 is 2.83 bits per heavy atom. The average molecular weight is 237 g/mol. The molecule has 2 heterocycles. The molecule has 1 N–H and O–H groups in total. The highest BCUT2D eigenvalue weighted by molar-refractivity contribution is 5.57. The fourth-order valence-electron chi connectivity index (χ4n) is 1.55. The van der Waals surface area contributed by atoms with Crippen LogP contribution >= 0.6 is 0 Å². The first-order chi connectivity index (χ1) is 8.81. The summed E-state index contributed by atoms with van der Waals surface area (Å²) in [6, 6.07) is 5.19. The Bertz CT molecular complexity index is 672. The SMILES string of the molecule is O=c1cc(-c2ccc(C#CC3CC3)nc2)nc[nH]1. The number of rotatable bonds is 1. The lowest BCUT2D eigenvalue weighted by molar-refractivity contribution is 1.12. The first-order valence-electron chi connectivity index (χ1n) is 5.84. The molecule has 4 nitrogen and oxygen atoms in total. The van der Waals surface area contributed by atoms with Gasteiger partial charge in [0.1, 0.15) is 5.69 Å². The summed E-state index contributed by atoms with van der Waals surface area (Å²) in [4.78, 5) is 22.0. The Morgan fingerprint density at radius 1 is 1.28 bits per heavy atom. The van der Waals surface area contributed by atoms with E-state index in [1.807, 2.05) is 12.1 Å². The molecule has 3 rings (SSSR count). The molecule has 0 aliphatic heterocycles. The van der Waals surface area contributed by atoms with Gasteiger partial charge in [0, 0.05) is 23.7 Å². The van der Waals surface area contributed by atoms with Crippen LogP contribution < -0.4 is 5.56 Å². The van der Waals surface area contributed by atoms with Crippen LogP contribution in [0.4, 0.5) is 0 Å². The van der Waals surface area contributed by atoms with Crippen molar-refractivity contribution in [3.05, 3.63) is 46.8 Å². The molecule has 0 radical (unpaired) electrons. The molecule has 1 saturated carbocycles. The molecule has 2 aromatic rings. The van der Waals surface area contributed by atoms with Gasteiger partial charge in [-0.25, -0.2) is 9.97 Å². The van der Waals surface area contributed by atoms with Gasteiger partial charge in [-0.1, -0.05) is 5.92 Å². The standard InChI is InChI=1S/C14H11N3O/c18-14-7-13(16-9-17-14)11-4-6-12(15-8-11)5-3-10-1-2-10/h4,6-10H,1-2H2,(H,16,17,18). The zero-order valence-corrected chi connectivity index (χ0v) is 9.68. The molecule has 1 fully saturated rings. The Balaban J connectivity index is 1.86.